The van der Waals surface area contributed by atoms with Gasteiger partial charge in [0.15, 0.2) is 10.8 Å². The molecule has 24 heavy (non-hydrogen) atoms. The van der Waals surface area contributed by atoms with Crippen LogP contribution in [0.5, 0.6) is 0 Å². The maximum atomic E-state index is 12.3. The molecule has 0 aromatic carbocycles. The zero-order valence-electron chi connectivity index (χ0n) is 12.7. The summed E-state index contributed by atoms with van der Waals surface area (Å²) in [5.41, 5.74) is 5.45. The van der Waals surface area contributed by atoms with E-state index < -0.39 is 34.2 Å². The first-order chi connectivity index (χ1) is 11.2. The summed E-state index contributed by atoms with van der Waals surface area (Å²) < 4.78 is 31.7. The van der Waals surface area contributed by atoms with Crippen molar-refractivity contribution in [3.63, 3.8) is 0 Å². The van der Waals surface area contributed by atoms with E-state index in [2.05, 4.69) is 20.3 Å². The summed E-state index contributed by atoms with van der Waals surface area (Å²) in [6, 6.07) is -2.00. The van der Waals surface area contributed by atoms with E-state index in [4.69, 9.17) is 10.3 Å². The lowest BCUT2D eigenvalue weighted by molar-refractivity contribution is -0.144. The van der Waals surface area contributed by atoms with Crippen molar-refractivity contribution in [2.24, 2.45) is 5.16 Å². The number of nitrogens with one attached hydrogen (secondary N) is 1. The van der Waals surface area contributed by atoms with Gasteiger partial charge in [-0.1, -0.05) is 12.1 Å². The fourth-order valence-corrected chi connectivity index (χ4v) is 3.77. The molecule has 1 aromatic rings. The minimum atomic E-state index is -4.67. The molecule has 1 fully saturated rings. The number of nitrogens with two attached hydrogens (primary N) is 1. The minimum Gasteiger partial charge on any atom is -0.398 e. The van der Waals surface area contributed by atoms with Crippen molar-refractivity contribution < 1.29 is 27.4 Å². The Bertz CT molecular complexity index is 789. The normalized spacial score (nSPS) is 21.4. The van der Waals surface area contributed by atoms with Crippen molar-refractivity contribution in [1.29, 1.82) is 0 Å². The number of anilines is 1. The number of nitrogen functional groups attached to an aromatic ring is 1. The predicted molar refractivity (Wildman–Crippen MR) is 84.5 cm³/mol. The summed E-state index contributed by atoms with van der Waals surface area (Å²) in [7, 11) is -3.45. The van der Waals surface area contributed by atoms with E-state index >= 15 is 0 Å². The third-order valence-corrected chi connectivity index (χ3v) is 4.91. The molecular weight excluding hydrogens is 362 g/mol. The van der Waals surface area contributed by atoms with Crippen molar-refractivity contribution in [1.82, 2.24) is 14.6 Å². The summed E-state index contributed by atoms with van der Waals surface area (Å²) in [5, 5.41) is 7.63. The van der Waals surface area contributed by atoms with Gasteiger partial charge in [0.25, 0.3) is 11.8 Å². The van der Waals surface area contributed by atoms with Gasteiger partial charge in [-0.3, -0.25) is 14.1 Å². The van der Waals surface area contributed by atoms with Gasteiger partial charge in [0.05, 0.1) is 6.04 Å². The van der Waals surface area contributed by atoms with Crippen LogP contribution in [0.2, 0.25) is 0 Å². The molecular formula is C11H15N5O6S2. The lowest BCUT2D eigenvalue weighted by atomic mass is 9.96. The molecule has 13 heteroatoms. The van der Waals surface area contributed by atoms with Crippen LogP contribution in [0.15, 0.2) is 10.5 Å². The summed E-state index contributed by atoms with van der Waals surface area (Å²) in [5.74, 6) is -1.72. The molecule has 2 rings (SSSR count). The average Bonchev–Trinajstić information content (AvgIpc) is 2.91. The molecule has 0 unspecified atom stereocenters. The quantitative estimate of drug-likeness (QED) is 0.245. The molecule has 0 bridgehead atoms. The van der Waals surface area contributed by atoms with Crippen LogP contribution in [0, 0.1) is 0 Å². The Balaban J connectivity index is 2.19. The molecule has 0 spiro atoms. The molecule has 132 valence electrons. The average molecular weight is 377 g/mol. The number of amides is 2. The van der Waals surface area contributed by atoms with E-state index in [1.54, 1.807) is 6.92 Å². The maximum Gasteiger partial charge on any atom is 0.362 e. The van der Waals surface area contributed by atoms with Crippen LogP contribution in [-0.4, -0.2) is 59.0 Å². The number of thiazole rings is 1. The van der Waals surface area contributed by atoms with Gasteiger partial charge in [-0.25, -0.2) is 9.29 Å². The zero-order valence-corrected chi connectivity index (χ0v) is 14.3. The number of β-lactam (4-membered cyclic amide) rings is 1. The SMILES string of the molecule is CC[C@@H]1[C@H](NC(=O)/C(=N\OC)c2csc(N)n2)C(=O)N1S(=O)(=O)O. The molecule has 1 aromatic heterocycles. The number of carbonyl (C=O) groups excluding carboxylic acids is 2. The number of nitrogens with zero attached hydrogens (tertiary/aromatic N) is 3. The Kier molecular flexibility index (Phi) is 5.05. The third-order valence-electron chi connectivity index (χ3n) is 3.28. The number of aromatic nitrogens is 1. The van der Waals surface area contributed by atoms with Gasteiger partial charge in [-0.2, -0.15) is 8.42 Å². The third kappa shape index (κ3) is 3.32. The van der Waals surface area contributed by atoms with E-state index in [1.165, 1.54) is 12.5 Å². The first kappa shape index (κ1) is 18.1. The summed E-state index contributed by atoms with van der Waals surface area (Å²) >= 11 is 1.09. The summed E-state index contributed by atoms with van der Waals surface area (Å²) in [6.45, 7) is 1.61. The monoisotopic (exact) mass is 377 g/mol. The van der Waals surface area contributed by atoms with Crippen molar-refractivity contribution in [3.05, 3.63) is 11.1 Å². The molecule has 0 saturated carbocycles. The van der Waals surface area contributed by atoms with Gasteiger partial charge in [-0.05, 0) is 6.42 Å². The molecule has 2 heterocycles. The second-order valence-electron chi connectivity index (χ2n) is 4.73. The fourth-order valence-electron chi connectivity index (χ4n) is 2.26. The number of rotatable bonds is 6. The lowest BCUT2D eigenvalue weighted by Gasteiger charge is -2.43. The number of carbonyl (C=O) groups is 2. The molecule has 1 aliphatic heterocycles. The topological polar surface area (TPSA) is 164 Å². The number of oxime groups is 1. The summed E-state index contributed by atoms with van der Waals surface area (Å²) in [4.78, 5) is 32.7. The molecule has 1 saturated heterocycles. The molecule has 2 amide bonds. The largest absolute Gasteiger partial charge is 0.398 e. The maximum absolute atomic E-state index is 12.3. The molecule has 1 aliphatic rings. The van der Waals surface area contributed by atoms with Crippen LogP contribution in [0.1, 0.15) is 19.0 Å². The summed E-state index contributed by atoms with van der Waals surface area (Å²) in [6.07, 6.45) is 0.205. The standard InChI is InChI=1S/C11H15N5O6S2/c1-3-6-8(10(18)16(6)24(19,20)21)14-9(17)7(15-22-2)5-4-23-11(12)13-5/h4,6,8H,3H2,1-2H3,(H2,12,13)(H,14,17)(H,19,20,21)/b15-7-/t6-,8+/m1/s1. The van der Waals surface area contributed by atoms with E-state index in [9.17, 15) is 18.0 Å². The van der Waals surface area contributed by atoms with E-state index in [-0.39, 0.29) is 23.0 Å². The molecule has 0 radical (unpaired) electrons. The van der Waals surface area contributed by atoms with Crippen LogP contribution < -0.4 is 11.1 Å². The Labute approximate surface area is 141 Å². The van der Waals surface area contributed by atoms with Crippen LogP contribution in [0.4, 0.5) is 5.13 Å². The predicted octanol–water partition coefficient (Wildman–Crippen LogP) is -1.02. The highest BCUT2D eigenvalue weighted by Crippen LogP contribution is 2.26. The van der Waals surface area contributed by atoms with Gasteiger partial charge >= 0.3 is 10.3 Å². The first-order valence-electron chi connectivity index (χ1n) is 6.64. The molecule has 0 aliphatic carbocycles. The van der Waals surface area contributed by atoms with Crippen LogP contribution >= 0.6 is 11.3 Å². The number of hydrogen-bond acceptors (Lipinski definition) is 9. The highest BCUT2D eigenvalue weighted by atomic mass is 32.2. The first-order valence-corrected chi connectivity index (χ1v) is 8.92. The van der Waals surface area contributed by atoms with E-state index in [1.807, 2.05) is 0 Å². The highest BCUT2D eigenvalue weighted by molar-refractivity contribution is 7.84. The lowest BCUT2D eigenvalue weighted by Crippen LogP contribution is -2.72. The Morgan fingerprint density at radius 3 is 2.75 bits per heavy atom. The van der Waals surface area contributed by atoms with Crippen molar-refractivity contribution in [2.45, 2.75) is 25.4 Å². The van der Waals surface area contributed by atoms with E-state index in [0.717, 1.165) is 11.3 Å². The number of hydrogen-bond donors (Lipinski definition) is 3. The second-order valence-corrected chi connectivity index (χ2v) is 6.91. The van der Waals surface area contributed by atoms with Crippen LogP contribution in [0.3, 0.4) is 0 Å². The molecule has 4 N–H and O–H groups in total. The smallest absolute Gasteiger partial charge is 0.362 e. The second kappa shape index (κ2) is 6.70. The van der Waals surface area contributed by atoms with Gasteiger partial charge < -0.3 is 15.9 Å². The minimum absolute atomic E-state index is 0.156. The van der Waals surface area contributed by atoms with Crippen molar-refractivity contribution in [2.75, 3.05) is 12.8 Å². The Morgan fingerprint density at radius 1 is 1.62 bits per heavy atom. The van der Waals surface area contributed by atoms with Crippen LogP contribution in [-0.2, 0) is 24.7 Å². The highest BCUT2D eigenvalue weighted by Gasteiger charge is 2.53. The molecule has 2 atom stereocenters. The molecule has 11 nitrogen and oxygen atoms in total. The van der Waals surface area contributed by atoms with Crippen LogP contribution in [0.25, 0.3) is 0 Å². The van der Waals surface area contributed by atoms with Gasteiger partial charge in [0.1, 0.15) is 18.8 Å². The van der Waals surface area contributed by atoms with Gasteiger partial charge in [-0.15, -0.1) is 11.3 Å². The van der Waals surface area contributed by atoms with Gasteiger partial charge in [0, 0.05) is 5.38 Å². The van der Waals surface area contributed by atoms with Gasteiger partial charge in [0.2, 0.25) is 0 Å². The van der Waals surface area contributed by atoms with Crippen molar-refractivity contribution >= 4 is 44.3 Å². The Morgan fingerprint density at radius 2 is 2.29 bits per heavy atom. The fraction of sp³-hybridized carbons (Fsp3) is 0.455. The van der Waals surface area contributed by atoms with Crippen molar-refractivity contribution in [3.8, 4) is 0 Å². The zero-order chi connectivity index (χ0) is 18.1. The Hall–Kier alpha value is -2.25. The van der Waals surface area contributed by atoms with E-state index in [0.29, 0.717) is 4.31 Å².